The normalized spacial score (nSPS) is 12.6. The summed E-state index contributed by atoms with van der Waals surface area (Å²) in [6.45, 7) is 9.46. The molecule has 2 aliphatic rings. The van der Waals surface area contributed by atoms with Gasteiger partial charge in [0.1, 0.15) is 0 Å². The number of fused-ring (bicyclic) bond motifs is 19. The van der Waals surface area contributed by atoms with Gasteiger partial charge < -0.3 is 14.7 Å². The average Bonchev–Trinajstić information content (AvgIpc) is 1.59. The highest BCUT2D eigenvalue weighted by Crippen LogP contribution is 2.58. The van der Waals surface area contributed by atoms with Crippen molar-refractivity contribution in [3.8, 4) is 89.0 Å². The second kappa shape index (κ2) is 36.9. The molecule has 0 spiro atoms. The number of hydrogen-bond donors (Lipinski definition) is 0. The second-order valence-corrected chi connectivity index (χ2v) is 43.3. The Labute approximate surface area is 874 Å². The van der Waals surface area contributed by atoms with Gasteiger partial charge in [-0.15, -0.1) is 34.0 Å². The summed E-state index contributed by atoms with van der Waals surface area (Å²) < 4.78 is 7.76. The van der Waals surface area contributed by atoms with Crippen LogP contribution in [0.4, 0.5) is 51.2 Å². The third-order valence-electron chi connectivity index (χ3n) is 30.7. The van der Waals surface area contributed by atoms with E-state index in [0.29, 0.717) is 0 Å². The van der Waals surface area contributed by atoms with Crippen molar-refractivity contribution in [3.63, 3.8) is 0 Å². The average molecular weight is 1940 g/mol. The Morgan fingerprint density at radius 1 is 0.149 bits per heavy atom. The minimum absolute atomic E-state index is 0.0792. The van der Waals surface area contributed by atoms with E-state index in [1.54, 1.807) is 0 Å². The van der Waals surface area contributed by atoms with Crippen molar-refractivity contribution in [2.24, 2.45) is 0 Å². The molecule has 0 saturated carbocycles. The molecule has 0 N–H and O–H groups in total. The van der Waals surface area contributed by atoms with Gasteiger partial charge in [0.05, 0.1) is 36.8 Å². The molecule has 0 atom stereocenters. The molecule has 148 heavy (non-hydrogen) atoms. The molecule has 0 aliphatic heterocycles. The number of nitrogens with zero attached hydrogens (tertiary/aromatic N) is 3. The van der Waals surface area contributed by atoms with Crippen molar-refractivity contribution in [2.45, 2.75) is 38.5 Å². The molecule has 24 aromatic carbocycles. The van der Waals surface area contributed by atoms with Gasteiger partial charge in [-0.3, -0.25) is 0 Å². The van der Waals surface area contributed by atoms with Gasteiger partial charge in [-0.05, 0) is 294 Å². The maximum absolute atomic E-state index is 2.53. The molecule has 3 nitrogen and oxygen atoms in total. The number of para-hydroxylation sites is 2. The number of hydrogen-bond acceptors (Lipinski definition) is 6. The first kappa shape index (κ1) is 89.2. The molecular weight excluding hydrogens is 1840 g/mol. The summed E-state index contributed by atoms with van der Waals surface area (Å²) in [4.78, 5) is 7.45. The van der Waals surface area contributed by atoms with Gasteiger partial charge in [-0.2, -0.15) is 0 Å². The minimum Gasteiger partial charge on any atom is -0.309 e. The van der Waals surface area contributed by atoms with E-state index in [0.717, 1.165) is 28.4 Å². The lowest BCUT2D eigenvalue weighted by Crippen LogP contribution is -2.17. The first-order valence-electron chi connectivity index (χ1n) is 51.0. The summed E-state index contributed by atoms with van der Waals surface area (Å²) in [7, 11) is 0. The molecule has 29 rings (SSSR count). The third kappa shape index (κ3) is 15.9. The Bertz CT molecular complexity index is 9880. The number of rotatable bonds is 15. The lowest BCUT2D eigenvalue weighted by Gasteiger charge is -2.30. The Morgan fingerprint density at radius 2 is 0.419 bits per heavy atom. The van der Waals surface area contributed by atoms with Gasteiger partial charge in [-0.25, -0.2) is 0 Å². The summed E-state index contributed by atoms with van der Waals surface area (Å²) >= 11 is 5.65. The van der Waals surface area contributed by atoms with E-state index in [1.807, 2.05) is 34.0 Å². The summed E-state index contributed by atoms with van der Waals surface area (Å²) in [5, 5.41) is 17.8. The van der Waals surface area contributed by atoms with Crippen molar-refractivity contribution in [3.05, 3.63) is 550 Å². The highest BCUT2D eigenvalue weighted by Gasteiger charge is 2.39. The van der Waals surface area contributed by atoms with Crippen LogP contribution in [0.3, 0.4) is 0 Å². The minimum atomic E-state index is -0.119. The van der Waals surface area contributed by atoms with E-state index < -0.39 is 0 Å². The van der Waals surface area contributed by atoms with Gasteiger partial charge >= 0.3 is 0 Å². The highest BCUT2D eigenvalue weighted by molar-refractivity contribution is 7.27. The molecular formula is C142H99N3S3. The van der Waals surface area contributed by atoms with Crippen LogP contribution in [0.5, 0.6) is 0 Å². The van der Waals surface area contributed by atoms with Crippen molar-refractivity contribution in [1.29, 1.82) is 0 Å². The fourth-order valence-corrected chi connectivity index (χ4v) is 26.7. The lowest BCUT2D eigenvalue weighted by atomic mass is 9.82. The maximum Gasteiger partial charge on any atom is 0.0646 e. The molecule has 6 heteroatoms. The molecule has 3 heterocycles. The number of thiophene rings is 3. The van der Waals surface area contributed by atoms with Crippen LogP contribution >= 0.6 is 34.0 Å². The van der Waals surface area contributed by atoms with Crippen molar-refractivity contribution < 1.29 is 0 Å². The first-order valence-corrected chi connectivity index (χ1v) is 53.5. The van der Waals surface area contributed by atoms with Crippen LogP contribution in [-0.2, 0) is 10.8 Å². The first-order chi connectivity index (χ1) is 72.8. The van der Waals surface area contributed by atoms with E-state index in [1.165, 1.54) is 238 Å². The Hall–Kier alpha value is -17.6. The Kier molecular flexibility index (Phi) is 22.3. The molecule has 0 bridgehead atoms. The summed E-state index contributed by atoms with van der Waals surface area (Å²) in [6, 6.07) is 194. The molecule has 0 amide bonds. The lowest BCUT2D eigenvalue weighted by molar-refractivity contribution is 0.660. The van der Waals surface area contributed by atoms with Crippen LogP contribution in [0.25, 0.3) is 193 Å². The molecule has 3 aromatic heterocycles. The summed E-state index contributed by atoms with van der Waals surface area (Å²) in [6.07, 6.45) is 0. The highest BCUT2D eigenvalue weighted by atomic mass is 32.1. The van der Waals surface area contributed by atoms with Crippen LogP contribution in [-0.4, -0.2) is 0 Å². The van der Waals surface area contributed by atoms with E-state index in [4.69, 9.17) is 0 Å². The van der Waals surface area contributed by atoms with Crippen LogP contribution in [0.2, 0.25) is 0 Å². The van der Waals surface area contributed by atoms with E-state index >= 15 is 0 Å². The SMILES string of the molecule is CC1(C)c2ccccc2-c2ccc(N(c3ccccc3)c3cc(-c4ccc5ccccc5c4)cc4c3sc3ccccc34)cc21.CC1(C)c2ccccc2-c2ccc(N(c3ccccc3-c3ccccc3)c3cc(-c4ccc5ccccc5c4)cc4c3sc3ccccc34)cc21.c1ccc(-c2ccc(N(c3ccc(-c4ccc5ccccc5c4)cc3)c3cc(-c4ccc5ccccc5c4)cc4c3sc3ccccc34)cc2)cc1. The fourth-order valence-electron chi connectivity index (χ4n) is 23.2. The van der Waals surface area contributed by atoms with Gasteiger partial charge in [0.2, 0.25) is 0 Å². The molecule has 2 aliphatic carbocycles. The van der Waals surface area contributed by atoms with Crippen LogP contribution in [0, 0.1) is 0 Å². The zero-order chi connectivity index (χ0) is 98.7. The zero-order valence-corrected chi connectivity index (χ0v) is 84.7. The summed E-state index contributed by atoms with van der Waals surface area (Å²) in [5.74, 6) is 0. The third-order valence-corrected chi connectivity index (χ3v) is 34.3. The predicted octanol–water partition coefficient (Wildman–Crippen LogP) is 41.8. The van der Waals surface area contributed by atoms with Crippen molar-refractivity contribution in [2.75, 3.05) is 14.7 Å². The maximum atomic E-state index is 2.53. The van der Waals surface area contributed by atoms with Gasteiger partial charge in [0, 0.05) is 91.2 Å². The molecule has 0 saturated heterocycles. The smallest absolute Gasteiger partial charge is 0.0646 e. The van der Waals surface area contributed by atoms with E-state index in [9.17, 15) is 0 Å². The summed E-state index contributed by atoms with van der Waals surface area (Å²) in [5.41, 5.74) is 35.7. The van der Waals surface area contributed by atoms with Crippen LogP contribution in [0.15, 0.2) is 528 Å². The monoisotopic (exact) mass is 1940 g/mol. The van der Waals surface area contributed by atoms with Crippen molar-refractivity contribution in [1.82, 2.24) is 0 Å². The topological polar surface area (TPSA) is 9.72 Å². The fraction of sp³-hybridized carbons (Fsp3) is 0.0423. The second-order valence-electron chi connectivity index (χ2n) is 40.1. The molecule has 0 fully saturated rings. The number of benzene rings is 24. The Balaban J connectivity index is 0.000000110. The Morgan fingerprint density at radius 3 is 0.824 bits per heavy atom. The van der Waals surface area contributed by atoms with Gasteiger partial charge in [0.15, 0.2) is 0 Å². The van der Waals surface area contributed by atoms with Crippen LogP contribution in [0.1, 0.15) is 49.9 Å². The largest absolute Gasteiger partial charge is 0.309 e. The van der Waals surface area contributed by atoms with E-state index in [2.05, 4.69) is 570 Å². The zero-order valence-electron chi connectivity index (χ0n) is 82.3. The van der Waals surface area contributed by atoms with Gasteiger partial charge in [-0.1, -0.05) is 410 Å². The van der Waals surface area contributed by atoms with E-state index in [-0.39, 0.29) is 10.8 Å². The van der Waals surface area contributed by atoms with Crippen LogP contribution < -0.4 is 14.7 Å². The molecule has 0 unspecified atom stereocenters. The quantitative estimate of drug-likeness (QED) is 0.101. The standard InChI is InChI=1S/C50H33NS.C49H35NS.C43H31NS/c1-2-10-34(11-3-1)37-22-26-44(27-23-37)51(45-28-24-38(25-29-45)41-20-18-35-12-4-6-14-39(35)30-41)48-33-43(42-21-19-36-13-5-7-15-40(36)31-42)32-47-46-16-8-9-17-49(46)52-50(47)48;1-49(2)43-21-11-8-19-39(43)40-27-26-37(31-44(40)49)50(45-22-12-9-18-38(45)33-15-4-3-5-16-33)46-30-36(35-25-24-32-14-6-7-17-34(32)28-35)29-42-41-20-10-13-23-47(41)51-48(42)46;1-43(2)38-18-10-8-16-34(38)35-23-22-33(27-39(35)43)44(32-14-4-3-5-15-32)40-26-31(30-21-20-28-12-6-7-13-29(28)24-30)25-37-36-17-9-11-19-41(36)45-42(37)40/h1-33H;3-31H,1-2H3;3-27H,1-2H3. The predicted molar refractivity (Wildman–Crippen MR) is 640 cm³/mol. The van der Waals surface area contributed by atoms with Gasteiger partial charge in [0.25, 0.3) is 0 Å². The van der Waals surface area contributed by atoms with Crippen molar-refractivity contribution >= 4 is 189 Å². The molecule has 0 radical (unpaired) electrons. The number of anilines is 9. The molecule has 700 valence electrons. The molecule has 27 aromatic rings.